The highest BCUT2D eigenvalue weighted by molar-refractivity contribution is 5.35. The van der Waals surface area contributed by atoms with Crippen molar-refractivity contribution in [3.63, 3.8) is 0 Å². The predicted octanol–water partition coefficient (Wildman–Crippen LogP) is 2.89. The molecule has 3 heteroatoms. The zero-order valence-corrected chi connectivity index (χ0v) is 11.7. The Morgan fingerprint density at radius 2 is 2.26 bits per heavy atom. The first-order valence-electron chi connectivity index (χ1n) is 7.55. The van der Waals surface area contributed by atoms with E-state index in [4.69, 9.17) is 0 Å². The molecule has 1 aliphatic carbocycles. The topological polar surface area (TPSA) is 15.3 Å². The summed E-state index contributed by atoms with van der Waals surface area (Å²) in [7, 11) is 0. The van der Waals surface area contributed by atoms with Gasteiger partial charge in [-0.25, -0.2) is 4.39 Å². The van der Waals surface area contributed by atoms with Crippen molar-refractivity contribution in [3.05, 3.63) is 35.1 Å². The highest BCUT2D eigenvalue weighted by atomic mass is 19.1. The Bertz CT molecular complexity index is 440. The molecule has 2 atom stereocenters. The number of fused-ring (bicyclic) bond motifs is 1. The number of hydrogen-bond donors (Lipinski definition) is 1. The molecule has 2 unspecified atom stereocenters. The minimum absolute atomic E-state index is 0.0130. The van der Waals surface area contributed by atoms with Crippen molar-refractivity contribution in [2.24, 2.45) is 0 Å². The summed E-state index contributed by atoms with van der Waals surface area (Å²) in [6.07, 6.45) is 4.36. The van der Waals surface area contributed by atoms with Crippen molar-refractivity contribution < 1.29 is 4.39 Å². The monoisotopic (exact) mass is 262 g/mol. The Labute approximate surface area is 115 Å². The summed E-state index contributed by atoms with van der Waals surface area (Å²) < 4.78 is 13.9. The summed E-state index contributed by atoms with van der Waals surface area (Å²) in [5.41, 5.74) is 2.19. The van der Waals surface area contributed by atoms with Crippen LogP contribution in [0.2, 0.25) is 0 Å². The molecule has 2 aliphatic rings. The zero-order valence-electron chi connectivity index (χ0n) is 11.7. The van der Waals surface area contributed by atoms with Crippen LogP contribution in [0.1, 0.15) is 43.4 Å². The summed E-state index contributed by atoms with van der Waals surface area (Å²) in [5.74, 6) is -0.0130. The summed E-state index contributed by atoms with van der Waals surface area (Å²) in [5, 5.41) is 3.45. The molecule has 2 nitrogen and oxygen atoms in total. The SMILES string of the molecule is CCCN(C1CCNC1)C1CCc2c(F)cccc21. The standard InChI is InChI=1S/C16H23FN2/c1-2-10-19(12-8-9-18-11-12)16-7-6-13-14(16)4-3-5-15(13)17/h3-5,12,16,18H,2,6-11H2,1H3. The van der Waals surface area contributed by atoms with Gasteiger partial charge in [-0.15, -0.1) is 0 Å². The Hall–Kier alpha value is -0.930. The van der Waals surface area contributed by atoms with Gasteiger partial charge in [-0.05, 0) is 56.0 Å². The van der Waals surface area contributed by atoms with E-state index in [-0.39, 0.29) is 5.82 Å². The van der Waals surface area contributed by atoms with Crippen LogP contribution in [0.3, 0.4) is 0 Å². The van der Waals surface area contributed by atoms with E-state index < -0.39 is 0 Å². The van der Waals surface area contributed by atoms with E-state index in [0.717, 1.165) is 44.5 Å². The lowest BCUT2D eigenvalue weighted by molar-refractivity contribution is 0.142. The first-order valence-corrected chi connectivity index (χ1v) is 7.55. The Morgan fingerprint density at radius 3 is 3.00 bits per heavy atom. The van der Waals surface area contributed by atoms with Crippen LogP contribution in [0.5, 0.6) is 0 Å². The van der Waals surface area contributed by atoms with Crippen LogP contribution in [0, 0.1) is 5.82 Å². The van der Waals surface area contributed by atoms with Gasteiger partial charge in [0.15, 0.2) is 0 Å². The molecule has 0 radical (unpaired) electrons. The molecule has 1 fully saturated rings. The van der Waals surface area contributed by atoms with Crippen LogP contribution >= 0.6 is 0 Å². The molecule has 1 saturated heterocycles. The van der Waals surface area contributed by atoms with Crippen LogP contribution in [-0.4, -0.2) is 30.6 Å². The van der Waals surface area contributed by atoms with Gasteiger partial charge < -0.3 is 5.32 Å². The third kappa shape index (κ3) is 2.41. The maximum Gasteiger partial charge on any atom is 0.126 e. The third-order valence-electron chi connectivity index (χ3n) is 4.57. The minimum atomic E-state index is -0.0130. The summed E-state index contributed by atoms with van der Waals surface area (Å²) in [6, 6.07) is 6.64. The second-order valence-corrected chi connectivity index (χ2v) is 5.75. The number of nitrogens with zero attached hydrogens (tertiary/aromatic N) is 1. The molecule has 0 spiro atoms. The highest BCUT2D eigenvalue weighted by Crippen LogP contribution is 2.38. The fourth-order valence-electron chi connectivity index (χ4n) is 3.71. The molecule has 1 aromatic rings. The smallest absolute Gasteiger partial charge is 0.126 e. The first-order chi connectivity index (χ1) is 9.31. The summed E-state index contributed by atoms with van der Waals surface area (Å²) >= 11 is 0. The Kier molecular flexibility index (Phi) is 3.85. The van der Waals surface area contributed by atoms with Gasteiger partial charge in [-0.1, -0.05) is 19.1 Å². The number of halogens is 1. The summed E-state index contributed by atoms with van der Waals surface area (Å²) in [4.78, 5) is 2.62. The van der Waals surface area contributed by atoms with Gasteiger partial charge >= 0.3 is 0 Å². The van der Waals surface area contributed by atoms with Gasteiger partial charge in [0.25, 0.3) is 0 Å². The molecule has 0 amide bonds. The molecule has 1 heterocycles. The molecule has 19 heavy (non-hydrogen) atoms. The maximum atomic E-state index is 13.9. The molecule has 3 rings (SSSR count). The number of rotatable bonds is 4. The van der Waals surface area contributed by atoms with Crippen molar-refractivity contribution in [3.8, 4) is 0 Å². The third-order valence-corrected chi connectivity index (χ3v) is 4.57. The number of benzene rings is 1. The average Bonchev–Trinajstić information content (AvgIpc) is 3.06. The van der Waals surface area contributed by atoms with Gasteiger partial charge in [0, 0.05) is 18.6 Å². The average molecular weight is 262 g/mol. The van der Waals surface area contributed by atoms with E-state index in [1.165, 1.54) is 12.0 Å². The van der Waals surface area contributed by atoms with Crippen molar-refractivity contribution >= 4 is 0 Å². The maximum absolute atomic E-state index is 13.9. The van der Waals surface area contributed by atoms with Crippen molar-refractivity contribution in [2.45, 2.75) is 44.7 Å². The Balaban J connectivity index is 1.86. The molecule has 0 aromatic heterocycles. The van der Waals surface area contributed by atoms with Crippen LogP contribution in [0.15, 0.2) is 18.2 Å². The second-order valence-electron chi connectivity index (χ2n) is 5.75. The van der Waals surface area contributed by atoms with E-state index >= 15 is 0 Å². The predicted molar refractivity (Wildman–Crippen MR) is 75.7 cm³/mol. The molecule has 0 bridgehead atoms. The van der Waals surface area contributed by atoms with Gasteiger partial charge in [0.1, 0.15) is 5.82 Å². The molecule has 104 valence electrons. The van der Waals surface area contributed by atoms with Crippen LogP contribution in [0.25, 0.3) is 0 Å². The quantitative estimate of drug-likeness (QED) is 0.897. The van der Waals surface area contributed by atoms with Gasteiger partial charge in [-0.3, -0.25) is 4.90 Å². The molecular formula is C16H23FN2. The van der Waals surface area contributed by atoms with E-state index in [9.17, 15) is 4.39 Å². The van der Waals surface area contributed by atoms with E-state index in [1.54, 1.807) is 6.07 Å². The molecular weight excluding hydrogens is 239 g/mol. The normalized spacial score (nSPS) is 26.1. The van der Waals surface area contributed by atoms with Crippen molar-refractivity contribution in [1.29, 1.82) is 0 Å². The lowest BCUT2D eigenvalue weighted by Gasteiger charge is -2.34. The van der Waals surface area contributed by atoms with Crippen molar-refractivity contribution in [1.82, 2.24) is 10.2 Å². The Morgan fingerprint density at radius 1 is 1.37 bits per heavy atom. The van der Waals surface area contributed by atoms with Gasteiger partial charge in [-0.2, -0.15) is 0 Å². The second kappa shape index (κ2) is 5.59. The fraction of sp³-hybridized carbons (Fsp3) is 0.625. The number of nitrogens with one attached hydrogen (secondary N) is 1. The van der Waals surface area contributed by atoms with Crippen molar-refractivity contribution in [2.75, 3.05) is 19.6 Å². The molecule has 0 saturated carbocycles. The summed E-state index contributed by atoms with van der Waals surface area (Å²) in [6.45, 7) is 5.55. The van der Waals surface area contributed by atoms with E-state index in [1.807, 2.05) is 6.07 Å². The van der Waals surface area contributed by atoms with Crippen LogP contribution in [0.4, 0.5) is 4.39 Å². The van der Waals surface area contributed by atoms with Gasteiger partial charge in [0.05, 0.1) is 0 Å². The lowest BCUT2D eigenvalue weighted by atomic mass is 10.0. The number of hydrogen-bond acceptors (Lipinski definition) is 2. The van der Waals surface area contributed by atoms with Crippen LogP contribution in [-0.2, 0) is 6.42 Å². The lowest BCUT2D eigenvalue weighted by Crippen LogP contribution is -2.39. The zero-order chi connectivity index (χ0) is 13.2. The van der Waals surface area contributed by atoms with E-state index in [2.05, 4.69) is 23.2 Å². The first kappa shape index (κ1) is 13.1. The largest absolute Gasteiger partial charge is 0.315 e. The molecule has 1 aliphatic heterocycles. The van der Waals surface area contributed by atoms with Gasteiger partial charge in [0.2, 0.25) is 0 Å². The highest BCUT2D eigenvalue weighted by Gasteiger charge is 2.33. The molecule has 1 aromatic carbocycles. The minimum Gasteiger partial charge on any atom is -0.315 e. The fourth-order valence-corrected chi connectivity index (χ4v) is 3.71. The van der Waals surface area contributed by atoms with E-state index in [0.29, 0.717) is 12.1 Å². The molecule has 1 N–H and O–H groups in total. The van der Waals surface area contributed by atoms with Crippen LogP contribution < -0.4 is 5.32 Å².